The molecule has 2 aromatic rings. The third kappa shape index (κ3) is 3.33. The zero-order chi connectivity index (χ0) is 14.7. The number of hydrogen-bond acceptors (Lipinski definition) is 2. The van der Waals surface area contributed by atoms with Crippen LogP contribution in [-0.4, -0.2) is 0 Å². The van der Waals surface area contributed by atoms with Crippen LogP contribution in [0.3, 0.4) is 0 Å². The fraction of sp³-hybridized carbons (Fsp3) is 0.250. The van der Waals surface area contributed by atoms with Gasteiger partial charge >= 0.3 is 0 Å². The Morgan fingerprint density at radius 1 is 1.10 bits per heavy atom. The Kier molecular flexibility index (Phi) is 5.06. The van der Waals surface area contributed by atoms with Crippen molar-refractivity contribution in [2.45, 2.75) is 26.3 Å². The molecule has 2 nitrogen and oxygen atoms in total. The molecule has 2 aromatic carbocycles. The first-order chi connectivity index (χ1) is 9.52. The molecular weight excluding hydrogens is 291 g/mol. The van der Waals surface area contributed by atoms with E-state index in [1.54, 1.807) is 0 Å². The highest BCUT2D eigenvalue weighted by atomic mass is 35.5. The maximum absolute atomic E-state index is 6.23. The minimum atomic E-state index is -0.0204. The van der Waals surface area contributed by atoms with Crippen molar-refractivity contribution in [2.24, 2.45) is 5.84 Å². The van der Waals surface area contributed by atoms with E-state index in [0.717, 1.165) is 11.1 Å². The number of benzene rings is 2. The molecule has 0 saturated heterocycles. The fourth-order valence-corrected chi connectivity index (χ4v) is 2.96. The monoisotopic (exact) mass is 308 g/mol. The first kappa shape index (κ1) is 15.3. The lowest BCUT2D eigenvalue weighted by atomic mass is 9.94. The van der Waals surface area contributed by atoms with Crippen molar-refractivity contribution in [3.63, 3.8) is 0 Å². The van der Waals surface area contributed by atoms with Crippen LogP contribution in [0.5, 0.6) is 0 Å². The summed E-state index contributed by atoms with van der Waals surface area (Å²) in [7, 11) is 0. The summed E-state index contributed by atoms with van der Waals surface area (Å²) in [6, 6.07) is 11.8. The quantitative estimate of drug-likeness (QED) is 0.650. The highest BCUT2D eigenvalue weighted by Crippen LogP contribution is 2.30. The Hall–Kier alpha value is -1.06. The van der Waals surface area contributed by atoms with E-state index in [2.05, 4.69) is 37.5 Å². The van der Waals surface area contributed by atoms with E-state index >= 15 is 0 Å². The molecule has 0 fully saturated rings. The third-order valence-electron chi connectivity index (χ3n) is 3.47. The second kappa shape index (κ2) is 6.59. The normalized spacial score (nSPS) is 12.4. The van der Waals surface area contributed by atoms with E-state index in [0.29, 0.717) is 16.5 Å². The average Bonchev–Trinajstić information content (AvgIpc) is 2.40. The van der Waals surface area contributed by atoms with E-state index in [4.69, 9.17) is 29.0 Å². The minimum Gasteiger partial charge on any atom is -0.271 e. The first-order valence-electron chi connectivity index (χ1n) is 6.49. The highest BCUT2D eigenvalue weighted by molar-refractivity contribution is 6.36. The number of hydrazine groups is 1. The van der Waals surface area contributed by atoms with Crippen molar-refractivity contribution < 1.29 is 0 Å². The summed E-state index contributed by atoms with van der Waals surface area (Å²) in [5.41, 5.74) is 7.38. The summed E-state index contributed by atoms with van der Waals surface area (Å²) < 4.78 is 0. The second-order valence-electron chi connectivity index (χ2n) is 4.98. The second-order valence-corrected chi connectivity index (χ2v) is 5.80. The SMILES string of the molecule is Cc1ccc(C(Cc2c(Cl)cccc2Cl)NN)c(C)c1. The summed E-state index contributed by atoms with van der Waals surface area (Å²) in [5, 5.41) is 1.34. The van der Waals surface area contributed by atoms with Gasteiger partial charge in [0.05, 0.1) is 6.04 Å². The minimum absolute atomic E-state index is 0.0204. The standard InChI is InChI=1S/C16H18Cl2N2/c1-10-6-7-12(11(2)8-10)16(20-19)9-13-14(17)4-3-5-15(13)18/h3-8,16,20H,9,19H2,1-2H3. The summed E-state index contributed by atoms with van der Waals surface area (Å²) in [4.78, 5) is 0. The van der Waals surface area contributed by atoms with Crippen LogP contribution in [0.1, 0.15) is 28.3 Å². The topological polar surface area (TPSA) is 38.0 Å². The van der Waals surface area contributed by atoms with Crippen molar-refractivity contribution in [2.75, 3.05) is 0 Å². The van der Waals surface area contributed by atoms with Crippen LogP contribution < -0.4 is 11.3 Å². The lowest BCUT2D eigenvalue weighted by Crippen LogP contribution is -2.30. The van der Waals surface area contributed by atoms with Gasteiger partial charge < -0.3 is 0 Å². The molecule has 0 spiro atoms. The average molecular weight is 309 g/mol. The van der Waals surface area contributed by atoms with Crippen molar-refractivity contribution in [3.8, 4) is 0 Å². The van der Waals surface area contributed by atoms with E-state index in [9.17, 15) is 0 Å². The maximum atomic E-state index is 6.23. The molecule has 0 amide bonds. The Morgan fingerprint density at radius 3 is 2.30 bits per heavy atom. The largest absolute Gasteiger partial charge is 0.271 e. The van der Waals surface area contributed by atoms with Gasteiger partial charge in [0.15, 0.2) is 0 Å². The molecule has 0 saturated carbocycles. The van der Waals surface area contributed by atoms with Crippen LogP contribution in [0, 0.1) is 13.8 Å². The van der Waals surface area contributed by atoms with E-state index in [1.807, 2.05) is 18.2 Å². The lowest BCUT2D eigenvalue weighted by Gasteiger charge is -2.20. The molecule has 0 bridgehead atoms. The predicted molar refractivity (Wildman–Crippen MR) is 86.1 cm³/mol. The van der Waals surface area contributed by atoms with Crippen molar-refractivity contribution >= 4 is 23.2 Å². The highest BCUT2D eigenvalue weighted by Gasteiger charge is 2.16. The zero-order valence-electron chi connectivity index (χ0n) is 11.6. The molecule has 1 atom stereocenters. The van der Waals surface area contributed by atoms with Gasteiger partial charge in [-0.3, -0.25) is 11.3 Å². The van der Waals surface area contributed by atoms with Gasteiger partial charge in [0.2, 0.25) is 0 Å². The Balaban J connectivity index is 2.34. The molecule has 0 aliphatic rings. The molecule has 2 rings (SSSR count). The van der Waals surface area contributed by atoms with Gasteiger partial charge in [0.25, 0.3) is 0 Å². The van der Waals surface area contributed by atoms with Gasteiger partial charge in [0, 0.05) is 10.0 Å². The Bertz CT molecular complexity index is 591. The first-order valence-corrected chi connectivity index (χ1v) is 7.24. The molecule has 20 heavy (non-hydrogen) atoms. The van der Waals surface area contributed by atoms with E-state index in [1.165, 1.54) is 11.1 Å². The molecule has 4 heteroatoms. The number of aryl methyl sites for hydroxylation is 2. The lowest BCUT2D eigenvalue weighted by molar-refractivity contribution is 0.549. The summed E-state index contributed by atoms with van der Waals surface area (Å²) >= 11 is 12.5. The van der Waals surface area contributed by atoms with Crippen LogP contribution in [-0.2, 0) is 6.42 Å². The van der Waals surface area contributed by atoms with E-state index < -0.39 is 0 Å². The van der Waals surface area contributed by atoms with Gasteiger partial charge in [-0.1, -0.05) is 53.0 Å². The van der Waals surface area contributed by atoms with Crippen LogP contribution in [0.15, 0.2) is 36.4 Å². The molecule has 0 aliphatic carbocycles. The molecule has 3 N–H and O–H groups in total. The van der Waals surface area contributed by atoms with Crippen molar-refractivity contribution in [3.05, 3.63) is 68.7 Å². The summed E-state index contributed by atoms with van der Waals surface area (Å²) in [6.07, 6.45) is 0.652. The van der Waals surface area contributed by atoms with Gasteiger partial charge in [-0.2, -0.15) is 0 Å². The molecule has 0 heterocycles. The molecular formula is C16H18Cl2N2. The van der Waals surface area contributed by atoms with Crippen LogP contribution >= 0.6 is 23.2 Å². The van der Waals surface area contributed by atoms with E-state index in [-0.39, 0.29) is 6.04 Å². The molecule has 0 radical (unpaired) electrons. The van der Waals surface area contributed by atoms with Crippen LogP contribution in [0.25, 0.3) is 0 Å². The van der Waals surface area contributed by atoms with Gasteiger partial charge in [-0.15, -0.1) is 0 Å². The molecule has 1 unspecified atom stereocenters. The summed E-state index contributed by atoms with van der Waals surface area (Å²) in [6.45, 7) is 4.16. The van der Waals surface area contributed by atoms with Crippen molar-refractivity contribution in [1.82, 2.24) is 5.43 Å². The fourth-order valence-electron chi connectivity index (χ4n) is 2.41. The predicted octanol–water partition coefficient (Wildman–Crippen LogP) is 4.36. The number of nitrogens with one attached hydrogen (secondary N) is 1. The van der Waals surface area contributed by atoms with Crippen molar-refractivity contribution in [1.29, 1.82) is 0 Å². The molecule has 0 aliphatic heterocycles. The molecule has 106 valence electrons. The third-order valence-corrected chi connectivity index (χ3v) is 4.18. The smallest absolute Gasteiger partial charge is 0.0503 e. The Labute approximate surface area is 129 Å². The van der Waals surface area contributed by atoms with Gasteiger partial charge in [0.1, 0.15) is 0 Å². The number of nitrogens with two attached hydrogens (primary N) is 1. The Morgan fingerprint density at radius 2 is 1.75 bits per heavy atom. The number of hydrogen-bond donors (Lipinski definition) is 2. The number of halogens is 2. The number of rotatable bonds is 4. The van der Waals surface area contributed by atoms with Crippen LogP contribution in [0.2, 0.25) is 10.0 Å². The van der Waals surface area contributed by atoms with Gasteiger partial charge in [-0.25, -0.2) is 0 Å². The molecule has 0 aromatic heterocycles. The maximum Gasteiger partial charge on any atom is 0.0503 e. The van der Waals surface area contributed by atoms with Crippen LogP contribution in [0.4, 0.5) is 0 Å². The zero-order valence-corrected chi connectivity index (χ0v) is 13.1. The summed E-state index contributed by atoms with van der Waals surface area (Å²) in [5.74, 6) is 5.72. The van der Waals surface area contributed by atoms with Gasteiger partial charge in [-0.05, 0) is 49.1 Å².